The third-order valence-corrected chi connectivity index (χ3v) is 3.26. The van der Waals surface area contributed by atoms with Crippen LogP contribution in [0.15, 0.2) is 24.3 Å². The van der Waals surface area contributed by atoms with Crippen molar-refractivity contribution in [1.29, 1.82) is 0 Å². The number of rotatable bonds is 3. The number of benzene rings is 1. The van der Waals surface area contributed by atoms with Gasteiger partial charge in [-0.2, -0.15) is 0 Å². The highest BCUT2D eigenvalue weighted by molar-refractivity contribution is 5.27. The summed E-state index contributed by atoms with van der Waals surface area (Å²) in [6.45, 7) is 0.404. The minimum Gasteiger partial charge on any atom is -0.326 e. The highest BCUT2D eigenvalue weighted by atomic mass is 19.1. The van der Waals surface area contributed by atoms with Crippen molar-refractivity contribution in [1.82, 2.24) is 0 Å². The van der Waals surface area contributed by atoms with Gasteiger partial charge in [-0.25, -0.2) is 0 Å². The van der Waals surface area contributed by atoms with Crippen LogP contribution < -0.4 is 5.73 Å². The second-order valence-corrected chi connectivity index (χ2v) is 4.04. The average molecular weight is 193 g/mol. The van der Waals surface area contributed by atoms with E-state index >= 15 is 0 Å². The fraction of sp³-hybridized carbons (Fsp3) is 0.500. The van der Waals surface area contributed by atoms with E-state index in [4.69, 9.17) is 5.73 Å². The van der Waals surface area contributed by atoms with E-state index < -0.39 is 0 Å². The maximum Gasteiger partial charge on any atom is 0.0928 e. The third kappa shape index (κ3) is 1.67. The summed E-state index contributed by atoms with van der Waals surface area (Å²) in [5.74, 6) is 0.713. The topological polar surface area (TPSA) is 26.0 Å². The van der Waals surface area contributed by atoms with Crippen molar-refractivity contribution in [2.75, 3.05) is 6.67 Å². The molecule has 0 aromatic heterocycles. The van der Waals surface area contributed by atoms with E-state index in [1.54, 1.807) is 0 Å². The lowest BCUT2D eigenvalue weighted by molar-refractivity contribution is 0.200. The van der Waals surface area contributed by atoms with E-state index in [1.165, 1.54) is 5.56 Å². The molecule has 0 heterocycles. The van der Waals surface area contributed by atoms with E-state index in [0.717, 1.165) is 18.4 Å². The maximum atomic E-state index is 12.5. The molecule has 1 aromatic carbocycles. The summed E-state index contributed by atoms with van der Waals surface area (Å²) in [6, 6.07) is 8.27. The summed E-state index contributed by atoms with van der Waals surface area (Å²) in [4.78, 5) is 0. The van der Waals surface area contributed by atoms with Gasteiger partial charge in [0.05, 0.1) is 6.67 Å². The van der Waals surface area contributed by atoms with E-state index in [-0.39, 0.29) is 12.6 Å². The first kappa shape index (κ1) is 9.66. The van der Waals surface area contributed by atoms with Crippen molar-refractivity contribution in [2.24, 2.45) is 11.7 Å². The van der Waals surface area contributed by atoms with Gasteiger partial charge in [0.15, 0.2) is 0 Å². The molecule has 0 bridgehead atoms. The Hall–Kier alpha value is -0.890. The first-order valence-corrected chi connectivity index (χ1v) is 5.20. The van der Waals surface area contributed by atoms with Gasteiger partial charge in [0.25, 0.3) is 0 Å². The number of hydrogen-bond acceptors (Lipinski definition) is 1. The van der Waals surface area contributed by atoms with Gasteiger partial charge in [-0.1, -0.05) is 24.3 Å². The summed E-state index contributed by atoms with van der Waals surface area (Å²) in [6.07, 6.45) is 2.18. The third-order valence-electron chi connectivity index (χ3n) is 3.26. The molecule has 0 saturated heterocycles. The quantitative estimate of drug-likeness (QED) is 0.784. The second kappa shape index (κ2) is 4.09. The molecular formula is C12H16FN. The highest BCUT2D eigenvalue weighted by Crippen LogP contribution is 2.42. The summed E-state index contributed by atoms with van der Waals surface area (Å²) in [5, 5.41) is 0. The van der Waals surface area contributed by atoms with Crippen molar-refractivity contribution in [3.63, 3.8) is 0 Å². The molecule has 2 unspecified atom stereocenters. The molecule has 2 heteroatoms. The summed E-state index contributed by atoms with van der Waals surface area (Å²) < 4.78 is 12.5. The van der Waals surface area contributed by atoms with Gasteiger partial charge in [0.1, 0.15) is 0 Å². The Bertz CT molecular complexity index is 292. The second-order valence-electron chi connectivity index (χ2n) is 4.04. The van der Waals surface area contributed by atoms with Gasteiger partial charge in [0.2, 0.25) is 0 Å². The predicted molar refractivity (Wildman–Crippen MR) is 55.8 cm³/mol. The Morgan fingerprint density at radius 2 is 1.93 bits per heavy atom. The van der Waals surface area contributed by atoms with E-state index in [2.05, 4.69) is 12.1 Å². The number of hydrogen-bond donors (Lipinski definition) is 1. The number of halogens is 1. The minimum absolute atomic E-state index is 0.177. The number of alkyl halides is 1. The van der Waals surface area contributed by atoms with Crippen LogP contribution in [-0.4, -0.2) is 6.67 Å². The lowest BCUT2D eigenvalue weighted by atomic mass is 9.70. The van der Waals surface area contributed by atoms with Crippen molar-refractivity contribution < 1.29 is 4.39 Å². The monoisotopic (exact) mass is 193 g/mol. The van der Waals surface area contributed by atoms with Crippen LogP contribution in [0.2, 0.25) is 0 Å². The highest BCUT2D eigenvalue weighted by Gasteiger charge is 2.31. The standard InChI is InChI=1S/C12H16FN/c13-7-11-5-6-12(11)10-3-1-9(8-14)2-4-10/h1-4,11-12H,5-8,14H2. The zero-order valence-electron chi connectivity index (χ0n) is 8.25. The van der Waals surface area contributed by atoms with E-state index in [0.29, 0.717) is 12.5 Å². The molecule has 0 amide bonds. The van der Waals surface area contributed by atoms with Gasteiger partial charge in [0, 0.05) is 6.54 Å². The molecule has 1 aliphatic rings. The average Bonchev–Trinajstić information content (AvgIpc) is 2.18. The first-order valence-electron chi connectivity index (χ1n) is 5.20. The van der Waals surface area contributed by atoms with Crippen LogP contribution in [0, 0.1) is 5.92 Å². The van der Waals surface area contributed by atoms with Gasteiger partial charge < -0.3 is 5.73 Å². The molecule has 1 fully saturated rings. The normalized spacial score (nSPS) is 25.9. The van der Waals surface area contributed by atoms with Crippen LogP contribution in [0.25, 0.3) is 0 Å². The fourth-order valence-electron chi connectivity index (χ4n) is 2.09. The van der Waals surface area contributed by atoms with Crippen LogP contribution in [-0.2, 0) is 6.54 Å². The summed E-state index contributed by atoms with van der Waals surface area (Å²) >= 11 is 0. The molecular weight excluding hydrogens is 177 g/mol. The first-order chi connectivity index (χ1) is 6.85. The molecule has 14 heavy (non-hydrogen) atoms. The van der Waals surface area contributed by atoms with Crippen LogP contribution in [0.4, 0.5) is 4.39 Å². The van der Waals surface area contributed by atoms with Gasteiger partial charge in [-0.05, 0) is 35.8 Å². The van der Waals surface area contributed by atoms with Crippen LogP contribution in [0.3, 0.4) is 0 Å². The lowest BCUT2D eigenvalue weighted by Gasteiger charge is -2.35. The zero-order chi connectivity index (χ0) is 9.97. The molecule has 1 saturated carbocycles. The molecule has 1 aromatic rings. The largest absolute Gasteiger partial charge is 0.326 e. The Kier molecular flexibility index (Phi) is 2.82. The predicted octanol–water partition coefficient (Wildman–Crippen LogP) is 2.61. The molecule has 0 aliphatic heterocycles. The smallest absolute Gasteiger partial charge is 0.0928 e. The van der Waals surface area contributed by atoms with Gasteiger partial charge in [-0.3, -0.25) is 4.39 Å². The molecule has 76 valence electrons. The van der Waals surface area contributed by atoms with E-state index in [9.17, 15) is 4.39 Å². The SMILES string of the molecule is NCc1ccc(C2CCC2CF)cc1. The molecule has 0 radical (unpaired) electrons. The molecule has 2 N–H and O–H groups in total. The molecule has 1 aliphatic carbocycles. The van der Waals surface area contributed by atoms with Gasteiger partial charge >= 0.3 is 0 Å². The molecule has 2 atom stereocenters. The zero-order valence-corrected chi connectivity index (χ0v) is 8.25. The van der Waals surface area contributed by atoms with Crippen molar-refractivity contribution >= 4 is 0 Å². The fourth-order valence-corrected chi connectivity index (χ4v) is 2.09. The Morgan fingerprint density at radius 1 is 1.21 bits per heavy atom. The van der Waals surface area contributed by atoms with Gasteiger partial charge in [-0.15, -0.1) is 0 Å². The van der Waals surface area contributed by atoms with Crippen molar-refractivity contribution in [2.45, 2.75) is 25.3 Å². The summed E-state index contributed by atoms with van der Waals surface area (Å²) in [7, 11) is 0. The Balaban J connectivity index is 2.09. The summed E-state index contributed by atoms with van der Waals surface area (Å²) in [5.41, 5.74) is 7.93. The van der Waals surface area contributed by atoms with E-state index in [1.807, 2.05) is 12.1 Å². The van der Waals surface area contributed by atoms with Crippen LogP contribution in [0.1, 0.15) is 29.9 Å². The molecule has 0 spiro atoms. The Labute approximate surface area is 84.1 Å². The van der Waals surface area contributed by atoms with Crippen LogP contribution >= 0.6 is 0 Å². The number of nitrogens with two attached hydrogens (primary N) is 1. The molecule has 1 nitrogen and oxygen atoms in total. The van der Waals surface area contributed by atoms with Crippen molar-refractivity contribution in [3.05, 3.63) is 35.4 Å². The lowest BCUT2D eigenvalue weighted by Crippen LogP contribution is -2.25. The maximum absolute atomic E-state index is 12.5. The van der Waals surface area contributed by atoms with Crippen molar-refractivity contribution in [3.8, 4) is 0 Å². The minimum atomic E-state index is -0.177. The molecule has 2 rings (SSSR count). The Morgan fingerprint density at radius 3 is 2.36 bits per heavy atom. The van der Waals surface area contributed by atoms with Crippen LogP contribution in [0.5, 0.6) is 0 Å².